The van der Waals surface area contributed by atoms with E-state index in [4.69, 9.17) is 14.6 Å². The van der Waals surface area contributed by atoms with Gasteiger partial charge in [0.15, 0.2) is 11.6 Å². The number of rotatable bonds is 18. The number of ketones is 2. The Morgan fingerprint density at radius 3 is 2.21 bits per heavy atom. The van der Waals surface area contributed by atoms with E-state index in [9.17, 15) is 29.1 Å². The Labute approximate surface area is 198 Å². The number of carbonyl (C=O) groups excluding carboxylic acids is 3. The predicted octanol–water partition coefficient (Wildman–Crippen LogP) is 2.32. The van der Waals surface area contributed by atoms with Gasteiger partial charge < -0.3 is 30.3 Å². The summed E-state index contributed by atoms with van der Waals surface area (Å²) >= 11 is -0.0650. The Bertz CT molecular complexity index is 674. The van der Waals surface area contributed by atoms with Crippen molar-refractivity contribution in [1.29, 1.82) is 0 Å². The summed E-state index contributed by atoms with van der Waals surface area (Å²) in [7, 11) is 0. The zero-order valence-corrected chi connectivity index (χ0v) is 20.5. The van der Waals surface area contributed by atoms with Gasteiger partial charge in [-0.15, -0.1) is 0 Å². The molecule has 0 aliphatic carbocycles. The first-order chi connectivity index (χ1) is 15.5. The minimum Gasteiger partial charge on any atom is -0.480 e. The van der Waals surface area contributed by atoms with Crippen molar-refractivity contribution in [3.63, 3.8) is 0 Å². The van der Waals surface area contributed by atoms with Crippen molar-refractivity contribution >= 4 is 39.8 Å². The Morgan fingerprint density at radius 1 is 1.03 bits per heavy atom. The third kappa shape index (κ3) is 13.3. The van der Waals surface area contributed by atoms with E-state index in [-0.39, 0.29) is 55.3 Å². The van der Waals surface area contributed by atoms with Crippen LogP contribution in [-0.4, -0.2) is 82.8 Å². The van der Waals surface area contributed by atoms with Crippen LogP contribution in [0.4, 0.5) is 9.59 Å². The number of carbonyl (C=O) groups is 5. The second-order valence-corrected chi connectivity index (χ2v) is 8.63. The first kappa shape index (κ1) is 31.0. The molecule has 0 saturated carbocycles. The molecular weight excluding hydrogens is 456 g/mol. The molecule has 0 bridgehead atoms. The van der Waals surface area contributed by atoms with Gasteiger partial charge in [-0.05, 0) is 26.2 Å². The summed E-state index contributed by atoms with van der Waals surface area (Å²) in [6, 6.07) is -1.37. The van der Waals surface area contributed by atoms with E-state index >= 15 is 0 Å². The molecule has 0 aromatic heterocycles. The van der Waals surface area contributed by atoms with Crippen LogP contribution in [0.1, 0.15) is 53.4 Å². The molecule has 0 heterocycles. The molecule has 0 rings (SSSR count). The van der Waals surface area contributed by atoms with E-state index in [1.807, 2.05) is 20.8 Å². The van der Waals surface area contributed by atoms with E-state index in [1.54, 1.807) is 6.92 Å². The van der Waals surface area contributed by atoms with Crippen molar-refractivity contribution < 1.29 is 43.7 Å². The van der Waals surface area contributed by atoms with Crippen LogP contribution >= 0.6 is 11.8 Å². The van der Waals surface area contributed by atoms with Crippen LogP contribution < -0.4 is 10.6 Å². The largest absolute Gasteiger partial charge is 0.480 e. The fraction of sp³-hybridized carbons (Fsp3) is 0.762. The van der Waals surface area contributed by atoms with Crippen molar-refractivity contribution in [2.24, 2.45) is 5.92 Å². The van der Waals surface area contributed by atoms with E-state index in [1.165, 1.54) is 0 Å². The zero-order valence-electron chi connectivity index (χ0n) is 19.7. The molecule has 0 radical (unpaired) electrons. The maximum Gasteiger partial charge on any atom is 0.374 e. The molecule has 33 heavy (non-hydrogen) atoms. The summed E-state index contributed by atoms with van der Waals surface area (Å²) in [6.45, 7) is 8.65. The SMILES string of the molecule is CCC(C)C(=O)COCCOCCNC(C)(CC)C(=O)CCC(NC(=O)SC(=O)O)C(=O)O. The minimum atomic E-state index is -1.45. The zero-order chi connectivity index (χ0) is 25.4. The van der Waals surface area contributed by atoms with Gasteiger partial charge in [-0.3, -0.25) is 14.4 Å². The molecule has 0 fully saturated rings. The van der Waals surface area contributed by atoms with Crippen molar-refractivity contribution in [1.82, 2.24) is 10.6 Å². The lowest BCUT2D eigenvalue weighted by molar-refractivity contribution is -0.139. The highest BCUT2D eigenvalue weighted by Gasteiger charge is 2.31. The summed E-state index contributed by atoms with van der Waals surface area (Å²) in [6.07, 6.45) is 0.937. The van der Waals surface area contributed by atoms with E-state index in [0.29, 0.717) is 26.2 Å². The lowest BCUT2D eigenvalue weighted by Gasteiger charge is -2.29. The van der Waals surface area contributed by atoms with Crippen molar-refractivity contribution in [3.8, 4) is 0 Å². The van der Waals surface area contributed by atoms with Gasteiger partial charge in [-0.1, -0.05) is 20.8 Å². The van der Waals surface area contributed by atoms with Gasteiger partial charge in [0.05, 0.1) is 37.1 Å². The first-order valence-electron chi connectivity index (χ1n) is 10.9. The van der Waals surface area contributed by atoms with Gasteiger partial charge in [0.25, 0.3) is 5.24 Å². The minimum absolute atomic E-state index is 0.0231. The maximum atomic E-state index is 12.7. The number of ether oxygens (including phenoxy) is 2. The second kappa shape index (κ2) is 16.6. The molecule has 0 aromatic carbocycles. The summed E-state index contributed by atoms with van der Waals surface area (Å²) in [5.41, 5.74) is -0.911. The molecule has 0 aliphatic heterocycles. The van der Waals surface area contributed by atoms with Gasteiger partial charge in [-0.2, -0.15) is 0 Å². The smallest absolute Gasteiger partial charge is 0.374 e. The van der Waals surface area contributed by atoms with Crippen LogP contribution in [0.2, 0.25) is 0 Å². The molecule has 4 N–H and O–H groups in total. The summed E-state index contributed by atoms with van der Waals surface area (Å²) in [5.74, 6) is -1.55. The Balaban J connectivity index is 4.34. The van der Waals surface area contributed by atoms with E-state index < -0.39 is 28.1 Å². The highest BCUT2D eigenvalue weighted by molar-refractivity contribution is 8.25. The molecule has 0 aliphatic rings. The van der Waals surface area contributed by atoms with Crippen molar-refractivity contribution in [2.75, 3.05) is 33.0 Å². The third-order valence-corrected chi connectivity index (χ3v) is 5.77. The number of carboxylic acids is 1. The Kier molecular flexibility index (Phi) is 15.6. The standard InChI is InChI=1S/C21H36N2O9S/c1-5-14(3)16(24)13-32-12-11-31-10-9-22-21(4,6-2)17(25)8-7-15(18(26)27)23-19(28)33-20(29)30/h14-15,22H,5-13H2,1-4H3,(H,23,28)(H,26,27)(H,29,30). The van der Waals surface area contributed by atoms with Crippen molar-refractivity contribution in [2.45, 2.75) is 65.0 Å². The Hall–Kier alpha value is -2.02. The van der Waals surface area contributed by atoms with Gasteiger partial charge in [0.2, 0.25) is 0 Å². The molecular formula is C21H36N2O9S. The molecule has 190 valence electrons. The highest BCUT2D eigenvalue weighted by atomic mass is 32.2. The van der Waals surface area contributed by atoms with Crippen molar-refractivity contribution in [3.05, 3.63) is 0 Å². The third-order valence-electron chi connectivity index (χ3n) is 5.29. The number of carboxylic acid groups (broad SMARTS) is 2. The number of hydrogen-bond donors (Lipinski definition) is 4. The molecule has 1 amide bonds. The van der Waals surface area contributed by atoms with Crippen LogP contribution in [-0.2, 0) is 23.9 Å². The summed E-state index contributed by atoms with van der Waals surface area (Å²) in [4.78, 5) is 57.7. The normalized spacial score (nSPS) is 14.7. The second-order valence-electron chi connectivity index (χ2n) is 7.71. The van der Waals surface area contributed by atoms with E-state index in [0.717, 1.165) is 6.42 Å². The number of thioether (sulfide) groups is 1. The molecule has 0 saturated heterocycles. The lowest BCUT2D eigenvalue weighted by Crippen LogP contribution is -2.50. The number of hydrogen-bond acceptors (Lipinski definition) is 9. The topological polar surface area (TPSA) is 168 Å². The number of aliphatic carboxylic acids is 1. The first-order valence-corrected chi connectivity index (χ1v) is 11.7. The van der Waals surface area contributed by atoms with Gasteiger partial charge >= 0.3 is 11.3 Å². The quantitative estimate of drug-likeness (QED) is 0.207. The predicted molar refractivity (Wildman–Crippen MR) is 123 cm³/mol. The number of nitrogens with one attached hydrogen (secondary N) is 2. The van der Waals surface area contributed by atoms with Gasteiger partial charge in [-0.25, -0.2) is 9.59 Å². The monoisotopic (exact) mass is 492 g/mol. The fourth-order valence-electron chi connectivity index (χ4n) is 2.64. The van der Waals surface area contributed by atoms with Crippen LogP contribution in [0.5, 0.6) is 0 Å². The molecule has 0 spiro atoms. The number of Topliss-reactive ketones (excluding diaryl/α,β-unsaturated/α-hetero) is 2. The molecule has 11 nitrogen and oxygen atoms in total. The molecule has 3 atom stereocenters. The van der Waals surface area contributed by atoms with E-state index in [2.05, 4.69) is 10.6 Å². The molecule has 3 unspecified atom stereocenters. The summed E-state index contributed by atoms with van der Waals surface area (Å²) in [5, 5.41) is 20.5. The highest BCUT2D eigenvalue weighted by Crippen LogP contribution is 2.16. The maximum absolute atomic E-state index is 12.7. The average molecular weight is 493 g/mol. The van der Waals surface area contributed by atoms with Crippen LogP contribution in [0, 0.1) is 5.92 Å². The summed E-state index contributed by atoms with van der Waals surface area (Å²) < 4.78 is 10.7. The van der Waals surface area contributed by atoms with Gasteiger partial charge in [0.1, 0.15) is 12.6 Å². The lowest BCUT2D eigenvalue weighted by atomic mass is 9.89. The Morgan fingerprint density at radius 2 is 1.67 bits per heavy atom. The average Bonchev–Trinajstić information content (AvgIpc) is 2.76. The van der Waals surface area contributed by atoms with Crippen LogP contribution in [0.15, 0.2) is 0 Å². The van der Waals surface area contributed by atoms with Crippen LogP contribution in [0.3, 0.4) is 0 Å². The number of amides is 1. The molecule has 12 heteroatoms. The van der Waals surface area contributed by atoms with Crippen LogP contribution in [0.25, 0.3) is 0 Å². The molecule has 0 aromatic rings. The fourth-order valence-corrected chi connectivity index (χ4v) is 3.00. The van der Waals surface area contributed by atoms with Gasteiger partial charge in [0, 0.05) is 18.9 Å².